The molecule has 1 fully saturated rings. The molecule has 0 N–H and O–H groups in total. The van der Waals surface area contributed by atoms with Gasteiger partial charge < -0.3 is 13.9 Å². The molecule has 0 spiro atoms. The quantitative estimate of drug-likeness (QED) is 0.328. The van der Waals surface area contributed by atoms with Crippen LogP contribution >= 0.6 is 0 Å². The Balaban J connectivity index is 1.67. The lowest BCUT2D eigenvalue weighted by molar-refractivity contribution is 0.00578. The summed E-state index contributed by atoms with van der Waals surface area (Å²) in [6.07, 6.45) is 1.10. The van der Waals surface area contributed by atoms with Crippen LogP contribution in [0.2, 0.25) is 0 Å². The SMILES string of the molecule is CCC(C)(C)c1ccc2c(c1)c1ccccc1n2-c1cccc(B2OC(C)(C)C(C)(C)O2)c1. The van der Waals surface area contributed by atoms with Gasteiger partial charge in [0.25, 0.3) is 0 Å². The van der Waals surface area contributed by atoms with Crippen LogP contribution in [0.1, 0.15) is 60.5 Å². The number of hydrogen-bond donors (Lipinski definition) is 0. The fourth-order valence-corrected chi connectivity index (χ4v) is 4.67. The highest BCUT2D eigenvalue weighted by atomic mass is 16.7. The normalized spacial score (nSPS) is 17.8. The first-order chi connectivity index (χ1) is 15.5. The zero-order chi connectivity index (χ0) is 23.6. The third-order valence-corrected chi connectivity index (χ3v) is 7.99. The average molecular weight is 439 g/mol. The first-order valence-corrected chi connectivity index (χ1v) is 12.0. The number of rotatable bonds is 4. The second-order valence-corrected chi connectivity index (χ2v) is 11.0. The van der Waals surface area contributed by atoms with Crippen molar-refractivity contribution in [1.29, 1.82) is 0 Å². The minimum atomic E-state index is -0.375. The molecule has 1 aromatic heterocycles. The smallest absolute Gasteiger partial charge is 0.399 e. The summed E-state index contributed by atoms with van der Waals surface area (Å²) >= 11 is 0. The van der Waals surface area contributed by atoms with Crippen LogP contribution in [0.15, 0.2) is 66.7 Å². The fourth-order valence-electron chi connectivity index (χ4n) is 4.67. The molecular weight excluding hydrogens is 405 g/mol. The number of nitrogens with zero attached hydrogens (tertiary/aromatic N) is 1. The summed E-state index contributed by atoms with van der Waals surface area (Å²) in [6.45, 7) is 15.3. The lowest BCUT2D eigenvalue weighted by Crippen LogP contribution is -2.41. The van der Waals surface area contributed by atoms with Crippen LogP contribution in [0, 0.1) is 0 Å². The fraction of sp³-hybridized carbons (Fsp3) is 0.379. The highest BCUT2D eigenvalue weighted by Crippen LogP contribution is 2.38. The predicted molar refractivity (Wildman–Crippen MR) is 140 cm³/mol. The summed E-state index contributed by atoms with van der Waals surface area (Å²) < 4.78 is 15.0. The molecule has 4 heteroatoms. The summed E-state index contributed by atoms with van der Waals surface area (Å²) in [6, 6.07) is 24.2. The van der Waals surface area contributed by atoms with E-state index in [9.17, 15) is 0 Å². The molecule has 5 rings (SSSR count). The molecule has 0 bridgehead atoms. The predicted octanol–water partition coefficient (Wildman–Crippen LogP) is 6.77. The second kappa shape index (κ2) is 7.48. The molecule has 4 aromatic rings. The van der Waals surface area contributed by atoms with E-state index < -0.39 is 0 Å². The third-order valence-electron chi connectivity index (χ3n) is 7.99. The van der Waals surface area contributed by atoms with Gasteiger partial charge >= 0.3 is 7.12 Å². The highest BCUT2D eigenvalue weighted by molar-refractivity contribution is 6.62. The molecule has 1 aliphatic rings. The number of fused-ring (bicyclic) bond motifs is 3. The van der Waals surface area contributed by atoms with Crippen LogP contribution in [-0.2, 0) is 14.7 Å². The van der Waals surface area contributed by atoms with Crippen molar-refractivity contribution in [3.8, 4) is 5.69 Å². The van der Waals surface area contributed by atoms with E-state index in [0.717, 1.165) is 17.6 Å². The molecule has 170 valence electrons. The summed E-state index contributed by atoms with van der Waals surface area (Å²) in [5, 5.41) is 2.58. The standard InChI is InChI=1S/C29H34BNO2/c1-8-27(2,3)20-16-17-26-24(18-20)23-14-9-10-15-25(23)31(26)22-13-11-12-21(19-22)30-32-28(4,5)29(6,7)33-30/h9-19H,8H2,1-7H3. The van der Waals surface area contributed by atoms with Crippen LogP contribution in [0.25, 0.3) is 27.5 Å². The van der Waals surface area contributed by atoms with E-state index in [1.807, 2.05) is 0 Å². The van der Waals surface area contributed by atoms with Gasteiger partial charge in [-0.25, -0.2) is 0 Å². The van der Waals surface area contributed by atoms with E-state index in [1.54, 1.807) is 0 Å². The summed E-state index contributed by atoms with van der Waals surface area (Å²) in [5.41, 5.74) is 5.41. The van der Waals surface area contributed by atoms with Gasteiger partial charge in [-0.1, -0.05) is 57.2 Å². The Labute approximate surface area is 197 Å². The lowest BCUT2D eigenvalue weighted by Gasteiger charge is -2.32. The molecule has 2 heterocycles. The van der Waals surface area contributed by atoms with Crippen LogP contribution in [-0.4, -0.2) is 22.9 Å². The Kier molecular flexibility index (Phi) is 5.04. The summed E-state index contributed by atoms with van der Waals surface area (Å²) in [4.78, 5) is 0. The van der Waals surface area contributed by atoms with Crippen molar-refractivity contribution in [2.24, 2.45) is 0 Å². The van der Waals surface area contributed by atoms with Crippen molar-refractivity contribution in [3.63, 3.8) is 0 Å². The Morgan fingerprint density at radius 2 is 1.45 bits per heavy atom. The molecule has 1 saturated heterocycles. The van der Waals surface area contributed by atoms with Crippen molar-refractivity contribution < 1.29 is 9.31 Å². The van der Waals surface area contributed by atoms with Gasteiger partial charge in [-0.15, -0.1) is 0 Å². The Morgan fingerprint density at radius 3 is 2.15 bits per heavy atom. The highest BCUT2D eigenvalue weighted by Gasteiger charge is 2.51. The Hall–Kier alpha value is -2.56. The van der Waals surface area contributed by atoms with Crippen molar-refractivity contribution in [2.75, 3.05) is 0 Å². The van der Waals surface area contributed by atoms with Gasteiger partial charge in [-0.2, -0.15) is 0 Å². The second-order valence-electron chi connectivity index (χ2n) is 11.0. The Morgan fingerprint density at radius 1 is 0.788 bits per heavy atom. The van der Waals surface area contributed by atoms with Crippen LogP contribution in [0.3, 0.4) is 0 Å². The number of benzene rings is 3. The van der Waals surface area contributed by atoms with Crippen LogP contribution < -0.4 is 5.46 Å². The van der Waals surface area contributed by atoms with Gasteiger partial charge in [0.05, 0.1) is 22.2 Å². The van der Waals surface area contributed by atoms with E-state index in [1.165, 1.54) is 27.4 Å². The van der Waals surface area contributed by atoms with Crippen molar-refractivity contribution in [2.45, 2.75) is 71.5 Å². The van der Waals surface area contributed by atoms with Gasteiger partial charge in [0.2, 0.25) is 0 Å². The molecule has 0 atom stereocenters. The average Bonchev–Trinajstić information content (AvgIpc) is 3.23. The molecule has 0 radical (unpaired) electrons. The van der Waals surface area contributed by atoms with E-state index in [-0.39, 0.29) is 23.7 Å². The van der Waals surface area contributed by atoms with Crippen molar-refractivity contribution in [3.05, 3.63) is 72.3 Å². The minimum absolute atomic E-state index is 0.147. The van der Waals surface area contributed by atoms with E-state index in [4.69, 9.17) is 9.31 Å². The first-order valence-electron chi connectivity index (χ1n) is 12.0. The number of aromatic nitrogens is 1. The van der Waals surface area contributed by atoms with Crippen LogP contribution in [0.4, 0.5) is 0 Å². The molecule has 1 aliphatic heterocycles. The molecule has 0 saturated carbocycles. The number of para-hydroxylation sites is 1. The van der Waals surface area contributed by atoms with Gasteiger partial charge in [0.1, 0.15) is 0 Å². The number of hydrogen-bond acceptors (Lipinski definition) is 2. The summed E-state index contributed by atoms with van der Waals surface area (Å²) in [5.74, 6) is 0. The molecule has 0 aliphatic carbocycles. The maximum atomic E-state index is 6.33. The van der Waals surface area contributed by atoms with E-state index in [2.05, 4.69) is 120 Å². The van der Waals surface area contributed by atoms with Gasteiger partial charge in [0, 0.05) is 16.5 Å². The summed E-state index contributed by atoms with van der Waals surface area (Å²) in [7, 11) is -0.375. The van der Waals surface area contributed by atoms with Crippen molar-refractivity contribution >= 4 is 34.4 Å². The van der Waals surface area contributed by atoms with Gasteiger partial charge in [-0.3, -0.25) is 0 Å². The van der Waals surface area contributed by atoms with E-state index >= 15 is 0 Å². The molecular formula is C29H34BNO2. The van der Waals surface area contributed by atoms with Crippen molar-refractivity contribution in [1.82, 2.24) is 4.57 Å². The minimum Gasteiger partial charge on any atom is -0.399 e. The Bertz CT molecular complexity index is 1330. The largest absolute Gasteiger partial charge is 0.494 e. The zero-order valence-electron chi connectivity index (χ0n) is 20.9. The molecule has 33 heavy (non-hydrogen) atoms. The van der Waals surface area contributed by atoms with Gasteiger partial charge in [-0.05, 0) is 80.9 Å². The maximum absolute atomic E-state index is 6.33. The molecule has 0 unspecified atom stereocenters. The lowest BCUT2D eigenvalue weighted by atomic mass is 9.79. The molecule has 3 aromatic carbocycles. The van der Waals surface area contributed by atoms with Crippen LogP contribution in [0.5, 0.6) is 0 Å². The maximum Gasteiger partial charge on any atom is 0.494 e. The first kappa shape index (κ1) is 22.2. The molecule has 0 amide bonds. The monoisotopic (exact) mass is 439 g/mol. The molecule has 3 nitrogen and oxygen atoms in total. The van der Waals surface area contributed by atoms with Gasteiger partial charge in [0.15, 0.2) is 0 Å². The zero-order valence-corrected chi connectivity index (χ0v) is 20.9. The van der Waals surface area contributed by atoms with E-state index in [0.29, 0.717) is 0 Å². The topological polar surface area (TPSA) is 23.4 Å². The third kappa shape index (κ3) is 3.51.